The Labute approximate surface area is 293 Å². The molecule has 0 aliphatic heterocycles. The average Bonchev–Trinajstić information content (AvgIpc) is 3.77. The van der Waals surface area contributed by atoms with Crippen LogP contribution in [0.4, 0.5) is 11.4 Å². The molecule has 4 aliphatic rings. The van der Waals surface area contributed by atoms with Crippen LogP contribution < -0.4 is 4.90 Å². The van der Waals surface area contributed by atoms with Crippen LogP contribution in [0.15, 0.2) is 205 Å². The Bertz CT molecular complexity index is 2420. The van der Waals surface area contributed by atoms with E-state index in [1.165, 1.54) is 72.5 Å². The number of hydrogen-bond acceptors (Lipinski definition) is 1. The van der Waals surface area contributed by atoms with Crippen LogP contribution in [0, 0.1) is 5.41 Å². The molecule has 1 unspecified atom stereocenters. The van der Waals surface area contributed by atoms with Gasteiger partial charge in [-0.25, -0.2) is 0 Å². The van der Waals surface area contributed by atoms with Crippen LogP contribution in [0.2, 0.25) is 0 Å². The van der Waals surface area contributed by atoms with E-state index < -0.39 is 5.41 Å². The highest BCUT2D eigenvalue weighted by Crippen LogP contribution is 2.63. The molecule has 0 radical (unpaired) electrons. The summed E-state index contributed by atoms with van der Waals surface area (Å²) < 4.78 is 0. The van der Waals surface area contributed by atoms with Crippen molar-refractivity contribution in [3.8, 4) is 22.3 Å². The van der Waals surface area contributed by atoms with Gasteiger partial charge in [0.05, 0.1) is 16.8 Å². The van der Waals surface area contributed by atoms with Crippen molar-refractivity contribution < 1.29 is 0 Å². The fourth-order valence-electron chi connectivity index (χ4n) is 8.47. The lowest BCUT2D eigenvalue weighted by molar-refractivity contribution is 0.677. The summed E-state index contributed by atoms with van der Waals surface area (Å²) in [5.74, 6) is 0. The number of anilines is 2. The lowest BCUT2D eigenvalue weighted by atomic mass is 9.63. The molecular weight excluding hydrogens is 603 g/mol. The Morgan fingerprint density at radius 3 is 1.36 bits per heavy atom. The molecule has 1 atom stereocenters. The number of benzene rings is 6. The van der Waals surface area contributed by atoms with E-state index in [0.29, 0.717) is 0 Å². The van der Waals surface area contributed by atoms with Crippen molar-refractivity contribution in [2.45, 2.75) is 0 Å². The Kier molecular flexibility index (Phi) is 6.47. The molecule has 6 aromatic rings. The zero-order chi connectivity index (χ0) is 33.1. The molecule has 0 N–H and O–H groups in total. The molecule has 0 aromatic heterocycles. The summed E-state index contributed by atoms with van der Waals surface area (Å²) in [6.07, 6.45) is 16.7. The third-order valence-corrected chi connectivity index (χ3v) is 10.7. The third-order valence-electron chi connectivity index (χ3n) is 10.7. The zero-order valence-corrected chi connectivity index (χ0v) is 27.5. The second kappa shape index (κ2) is 11.3. The molecule has 50 heavy (non-hydrogen) atoms. The number of rotatable bonds is 5. The monoisotopic (exact) mass is 635 g/mol. The Morgan fingerprint density at radius 2 is 0.820 bits per heavy atom. The molecule has 0 saturated carbocycles. The molecule has 0 heterocycles. The van der Waals surface area contributed by atoms with Gasteiger partial charge in [-0.15, -0.1) is 0 Å². The first kappa shape index (κ1) is 28.6. The van der Waals surface area contributed by atoms with E-state index in [9.17, 15) is 0 Å². The summed E-state index contributed by atoms with van der Waals surface area (Å²) >= 11 is 0. The predicted molar refractivity (Wildman–Crippen MR) is 210 cm³/mol. The standard InChI is InChI=1S/C49H33N/c1-3-16-34(17-4-1)40-24-11-13-27-46(40)50(47-28-14-12-25-41(47)35-18-5-2-6-19-35)48-30-29-43-39-23-10-8-21-37(39)33-45(43)49(48)31-15-26-42-38-22-9-7-20-36(38)32-44(42)49/h1-33H. The molecule has 6 aromatic carbocycles. The minimum Gasteiger partial charge on any atom is -0.311 e. The van der Waals surface area contributed by atoms with Crippen molar-refractivity contribution >= 4 is 34.7 Å². The van der Waals surface area contributed by atoms with E-state index in [1.54, 1.807) is 0 Å². The van der Waals surface area contributed by atoms with Gasteiger partial charge in [-0.1, -0.05) is 170 Å². The van der Waals surface area contributed by atoms with Gasteiger partial charge >= 0.3 is 0 Å². The molecule has 1 heteroatoms. The third kappa shape index (κ3) is 4.20. The van der Waals surface area contributed by atoms with Gasteiger partial charge in [0.25, 0.3) is 0 Å². The van der Waals surface area contributed by atoms with E-state index in [4.69, 9.17) is 0 Å². The average molecular weight is 636 g/mol. The number of fused-ring (bicyclic) bond motifs is 8. The van der Waals surface area contributed by atoms with Gasteiger partial charge in [0, 0.05) is 16.8 Å². The van der Waals surface area contributed by atoms with E-state index >= 15 is 0 Å². The highest BCUT2D eigenvalue weighted by atomic mass is 15.2. The van der Waals surface area contributed by atoms with E-state index in [2.05, 4.69) is 205 Å². The highest BCUT2D eigenvalue weighted by Gasteiger charge is 2.50. The van der Waals surface area contributed by atoms with E-state index in [1.807, 2.05) is 0 Å². The molecule has 10 rings (SSSR count). The Balaban J connectivity index is 1.30. The first-order valence-corrected chi connectivity index (χ1v) is 17.4. The van der Waals surface area contributed by atoms with Crippen LogP contribution in [-0.4, -0.2) is 0 Å². The van der Waals surface area contributed by atoms with Crippen molar-refractivity contribution in [1.29, 1.82) is 0 Å². The summed E-state index contributed by atoms with van der Waals surface area (Å²) in [7, 11) is 0. The molecule has 1 spiro atoms. The Morgan fingerprint density at radius 1 is 0.380 bits per heavy atom. The molecule has 4 aliphatic carbocycles. The molecule has 0 fully saturated rings. The molecule has 0 amide bonds. The number of allylic oxidation sites excluding steroid dienone is 7. The number of hydrogen-bond donors (Lipinski definition) is 0. The quantitative estimate of drug-likeness (QED) is 0.182. The number of nitrogens with zero attached hydrogens (tertiary/aromatic N) is 1. The summed E-state index contributed by atoms with van der Waals surface area (Å²) in [6.45, 7) is 0. The minimum atomic E-state index is -0.570. The van der Waals surface area contributed by atoms with Crippen LogP contribution in [-0.2, 0) is 0 Å². The molecule has 0 bridgehead atoms. The summed E-state index contributed by atoms with van der Waals surface area (Å²) in [4.78, 5) is 2.55. The first-order chi connectivity index (χ1) is 24.8. The zero-order valence-electron chi connectivity index (χ0n) is 27.5. The van der Waals surface area contributed by atoms with Gasteiger partial charge in [-0.05, 0) is 86.0 Å². The fourth-order valence-corrected chi connectivity index (χ4v) is 8.47. The second-order valence-corrected chi connectivity index (χ2v) is 13.3. The van der Waals surface area contributed by atoms with E-state index in [-0.39, 0.29) is 0 Å². The molecule has 1 nitrogen and oxygen atoms in total. The van der Waals surface area contributed by atoms with Crippen LogP contribution >= 0.6 is 0 Å². The predicted octanol–water partition coefficient (Wildman–Crippen LogP) is 12.6. The van der Waals surface area contributed by atoms with Gasteiger partial charge in [-0.2, -0.15) is 0 Å². The van der Waals surface area contributed by atoms with Crippen molar-refractivity contribution in [1.82, 2.24) is 0 Å². The summed E-state index contributed by atoms with van der Waals surface area (Å²) in [6, 6.07) is 57.0. The molecule has 234 valence electrons. The molecular formula is C49H33N. The first-order valence-electron chi connectivity index (χ1n) is 17.4. The fraction of sp³-hybridized carbons (Fsp3) is 0.0204. The van der Waals surface area contributed by atoms with Gasteiger partial charge < -0.3 is 4.90 Å². The minimum absolute atomic E-state index is 0.570. The van der Waals surface area contributed by atoms with Crippen LogP contribution in [0.1, 0.15) is 22.3 Å². The topological polar surface area (TPSA) is 3.24 Å². The maximum Gasteiger partial charge on any atom is 0.0803 e. The smallest absolute Gasteiger partial charge is 0.0803 e. The van der Waals surface area contributed by atoms with Gasteiger partial charge in [0.15, 0.2) is 0 Å². The van der Waals surface area contributed by atoms with Gasteiger partial charge in [0.1, 0.15) is 0 Å². The maximum absolute atomic E-state index is 2.55. The summed E-state index contributed by atoms with van der Waals surface area (Å²) in [5, 5.41) is 0. The van der Waals surface area contributed by atoms with E-state index in [0.717, 1.165) is 11.4 Å². The van der Waals surface area contributed by atoms with Crippen molar-refractivity contribution in [3.05, 3.63) is 227 Å². The lowest BCUT2D eigenvalue weighted by Crippen LogP contribution is -2.37. The SMILES string of the molecule is C1=CC2(C3=Cc4ccccc4C3=C1)C1=Cc3ccccc3C1=CC=C2N(c1ccccc1-c1ccccc1)c1ccccc1-c1ccccc1. The van der Waals surface area contributed by atoms with Gasteiger partial charge in [-0.3, -0.25) is 0 Å². The van der Waals surface area contributed by atoms with Gasteiger partial charge in [0.2, 0.25) is 0 Å². The van der Waals surface area contributed by atoms with Crippen molar-refractivity contribution in [2.24, 2.45) is 5.41 Å². The van der Waals surface area contributed by atoms with Crippen LogP contribution in [0.3, 0.4) is 0 Å². The van der Waals surface area contributed by atoms with Crippen molar-refractivity contribution in [2.75, 3.05) is 4.90 Å². The molecule has 0 saturated heterocycles. The maximum atomic E-state index is 2.55. The highest BCUT2D eigenvalue weighted by molar-refractivity contribution is 6.07. The van der Waals surface area contributed by atoms with Crippen LogP contribution in [0.5, 0.6) is 0 Å². The largest absolute Gasteiger partial charge is 0.311 e. The number of para-hydroxylation sites is 2. The van der Waals surface area contributed by atoms with Crippen molar-refractivity contribution in [3.63, 3.8) is 0 Å². The van der Waals surface area contributed by atoms with Crippen LogP contribution in [0.25, 0.3) is 45.6 Å². The Hall–Kier alpha value is -6.44. The second-order valence-electron chi connectivity index (χ2n) is 13.3. The summed E-state index contributed by atoms with van der Waals surface area (Å²) in [5.41, 5.74) is 18.0. The normalized spacial score (nSPS) is 17.8. The lowest BCUT2D eigenvalue weighted by Gasteiger charge is -2.46.